The fraction of sp³-hybridized carbons (Fsp3) is 0.750. The molecule has 3 rings (SSSR count). The number of carboxylic acids is 1. The summed E-state index contributed by atoms with van der Waals surface area (Å²) >= 11 is 0. The second kappa shape index (κ2) is 5.39. The second-order valence-corrected chi connectivity index (χ2v) is 8.77. The van der Waals surface area contributed by atoms with Gasteiger partial charge in [0.1, 0.15) is 0 Å². The number of hydrogen-bond acceptors (Lipinski definition) is 2. The Morgan fingerprint density at radius 3 is 2.52 bits per heavy atom. The smallest absolute Gasteiger partial charge is 0.314 e. The average molecular weight is 318 g/mol. The summed E-state index contributed by atoms with van der Waals surface area (Å²) in [7, 11) is 0. The van der Waals surface area contributed by atoms with Crippen molar-refractivity contribution in [3.05, 3.63) is 22.5 Å². The molecule has 0 heterocycles. The summed E-state index contributed by atoms with van der Waals surface area (Å²) in [4.78, 5) is 12.4. The summed E-state index contributed by atoms with van der Waals surface area (Å²) in [6, 6.07) is 0. The number of carboxylic acid groups (broad SMARTS) is 1. The van der Waals surface area contributed by atoms with E-state index in [1.165, 1.54) is 5.57 Å². The van der Waals surface area contributed by atoms with Crippen molar-refractivity contribution in [3.63, 3.8) is 0 Å². The third-order valence-corrected chi connectivity index (χ3v) is 6.83. The Kier molecular flexibility index (Phi) is 3.89. The number of allylic oxidation sites excluding steroid dienone is 3. The van der Waals surface area contributed by atoms with Crippen LogP contribution in [0.25, 0.3) is 0 Å². The average Bonchev–Trinajstić information content (AvgIpc) is 2.45. The van der Waals surface area contributed by atoms with Crippen LogP contribution in [0.5, 0.6) is 0 Å². The molecule has 0 bridgehead atoms. The lowest BCUT2D eigenvalue weighted by atomic mass is 9.48. The first-order chi connectivity index (χ1) is 10.7. The zero-order chi connectivity index (χ0) is 17.0. The molecule has 2 N–H and O–H groups in total. The Morgan fingerprint density at radius 2 is 1.91 bits per heavy atom. The normalized spacial score (nSPS) is 33.5. The quantitative estimate of drug-likeness (QED) is 0.685. The van der Waals surface area contributed by atoms with Crippen LogP contribution in [0.15, 0.2) is 22.5 Å². The molecule has 3 aliphatic rings. The Balaban J connectivity index is 2.09. The molecule has 0 aliphatic heterocycles. The van der Waals surface area contributed by atoms with Gasteiger partial charge in [-0.1, -0.05) is 39.7 Å². The van der Waals surface area contributed by atoms with Crippen LogP contribution >= 0.6 is 0 Å². The maximum atomic E-state index is 12.4. The molecule has 0 amide bonds. The molecule has 0 aromatic rings. The number of fused-ring (bicyclic) bond motifs is 2. The molecule has 2 atom stereocenters. The second-order valence-electron chi connectivity index (χ2n) is 8.77. The fourth-order valence-electron chi connectivity index (χ4n) is 5.63. The summed E-state index contributed by atoms with van der Waals surface area (Å²) in [6.45, 7) is 8.69. The molecular formula is C20H30O3. The van der Waals surface area contributed by atoms with Crippen molar-refractivity contribution in [1.82, 2.24) is 0 Å². The first-order valence-corrected chi connectivity index (χ1v) is 9.06. The van der Waals surface area contributed by atoms with E-state index in [0.29, 0.717) is 18.1 Å². The SMILES string of the molecule is CC(C)C1=C(O)CC2=C(CCC3C(C)(C)CCC[C@]23C(=O)O)C1. The summed E-state index contributed by atoms with van der Waals surface area (Å²) in [6.07, 6.45) is 6.02. The molecular weight excluding hydrogens is 288 g/mol. The highest BCUT2D eigenvalue weighted by Crippen LogP contribution is 2.62. The number of carbonyl (C=O) groups is 1. The predicted molar refractivity (Wildman–Crippen MR) is 91.2 cm³/mol. The number of aliphatic hydroxyl groups excluding tert-OH is 1. The van der Waals surface area contributed by atoms with Crippen LogP contribution in [0.4, 0.5) is 0 Å². The fourth-order valence-corrected chi connectivity index (χ4v) is 5.63. The third kappa shape index (κ3) is 2.35. The molecule has 23 heavy (non-hydrogen) atoms. The summed E-state index contributed by atoms with van der Waals surface area (Å²) < 4.78 is 0. The van der Waals surface area contributed by atoms with Gasteiger partial charge in [0.05, 0.1) is 11.2 Å². The molecule has 128 valence electrons. The predicted octanol–water partition coefficient (Wildman–Crippen LogP) is 5.24. The van der Waals surface area contributed by atoms with Gasteiger partial charge in [-0.15, -0.1) is 0 Å². The minimum atomic E-state index is -0.744. The van der Waals surface area contributed by atoms with E-state index in [9.17, 15) is 15.0 Å². The monoisotopic (exact) mass is 318 g/mol. The lowest BCUT2D eigenvalue weighted by Crippen LogP contribution is -2.52. The number of hydrogen-bond donors (Lipinski definition) is 2. The summed E-state index contributed by atoms with van der Waals surface area (Å²) in [5, 5.41) is 20.8. The Labute approximate surface area is 139 Å². The molecule has 0 spiro atoms. The van der Waals surface area contributed by atoms with Crippen LogP contribution in [-0.2, 0) is 4.79 Å². The van der Waals surface area contributed by atoms with Gasteiger partial charge in [0.2, 0.25) is 0 Å². The van der Waals surface area contributed by atoms with Gasteiger partial charge in [-0.25, -0.2) is 0 Å². The molecule has 1 fully saturated rings. The van der Waals surface area contributed by atoms with Gasteiger partial charge in [0.25, 0.3) is 0 Å². The lowest BCUT2D eigenvalue weighted by Gasteiger charge is -2.55. The molecule has 0 aromatic carbocycles. The highest BCUT2D eigenvalue weighted by Gasteiger charge is 2.58. The van der Waals surface area contributed by atoms with E-state index < -0.39 is 11.4 Å². The van der Waals surface area contributed by atoms with E-state index in [-0.39, 0.29) is 11.3 Å². The lowest BCUT2D eigenvalue weighted by molar-refractivity contribution is -0.158. The molecule has 0 radical (unpaired) electrons. The number of rotatable bonds is 2. The van der Waals surface area contributed by atoms with Gasteiger partial charge in [-0.3, -0.25) is 4.79 Å². The van der Waals surface area contributed by atoms with Crippen molar-refractivity contribution >= 4 is 5.97 Å². The molecule has 3 aliphatic carbocycles. The van der Waals surface area contributed by atoms with Crippen molar-refractivity contribution < 1.29 is 15.0 Å². The van der Waals surface area contributed by atoms with Crippen LogP contribution in [0.1, 0.15) is 72.6 Å². The molecule has 0 aromatic heterocycles. The van der Waals surface area contributed by atoms with E-state index >= 15 is 0 Å². The van der Waals surface area contributed by atoms with Crippen molar-refractivity contribution in [1.29, 1.82) is 0 Å². The number of aliphatic hydroxyl groups is 1. The highest BCUT2D eigenvalue weighted by molar-refractivity contribution is 5.80. The Hall–Kier alpha value is -1.25. The Bertz CT molecular complexity index is 594. The van der Waals surface area contributed by atoms with E-state index in [1.54, 1.807) is 0 Å². The Morgan fingerprint density at radius 1 is 1.22 bits per heavy atom. The zero-order valence-electron chi connectivity index (χ0n) is 14.9. The molecule has 3 heteroatoms. The van der Waals surface area contributed by atoms with Gasteiger partial charge >= 0.3 is 5.97 Å². The topological polar surface area (TPSA) is 57.5 Å². The van der Waals surface area contributed by atoms with E-state index in [0.717, 1.165) is 49.7 Å². The minimum Gasteiger partial charge on any atom is -0.512 e. The summed E-state index contributed by atoms with van der Waals surface area (Å²) in [5.41, 5.74) is 2.79. The van der Waals surface area contributed by atoms with Crippen LogP contribution in [-0.4, -0.2) is 16.2 Å². The largest absolute Gasteiger partial charge is 0.512 e. The number of aliphatic carboxylic acids is 1. The molecule has 0 saturated heterocycles. The molecule has 1 unspecified atom stereocenters. The van der Waals surface area contributed by atoms with E-state index in [2.05, 4.69) is 27.7 Å². The van der Waals surface area contributed by atoms with E-state index in [4.69, 9.17) is 0 Å². The minimum absolute atomic E-state index is 0.0623. The van der Waals surface area contributed by atoms with Gasteiger partial charge in [-0.2, -0.15) is 0 Å². The molecule has 1 saturated carbocycles. The summed E-state index contributed by atoms with van der Waals surface area (Å²) in [5.74, 6) is 0.283. The van der Waals surface area contributed by atoms with Crippen molar-refractivity contribution in [2.24, 2.45) is 22.7 Å². The van der Waals surface area contributed by atoms with Crippen molar-refractivity contribution in [2.75, 3.05) is 0 Å². The van der Waals surface area contributed by atoms with Gasteiger partial charge in [0.15, 0.2) is 0 Å². The first kappa shape index (κ1) is 16.6. The van der Waals surface area contributed by atoms with E-state index in [1.807, 2.05) is 0 Å². The maximum absolute atomic E-state index is 12.4. The van der Waals surface area contributed by atoms with Crippen LogP contribution in [0.3, 0.4) is 0 Å². The van der Waals surface area contributed by atoms with Crippen LogP contribution in [0.2, 0.25) is 0 Å². The first-order valence-electron chi connectivity index (χ1n) is 9.06. The van der Waals surface area contributed by atoms with Crippen molar-refractivity contribution in [3.8, 4) is 0 Å². The maximum Gasteiger partial charge on any atom is 0.314 e. The highest BCUT2D eigenvalue weighted by atomic mass is 16.4. The van der Waals surface area contributed by atoms with Gasteiger partial charge in [0, 0.05) is 6.42 Å². The van der Waals surface area contributed by atoms with Gasteiger partial charge < -0.3 is 10.2 Å². The third-order valence-electron chi connectivity index (χ3n) is 6.83. The van der Waals surface area contributed by atoms with Crippen molar-refractivity contribution in [2.45, 2.75) is 72.6 Å². The van der Waals surface area contributed by atoms with Gasteiger partial charge in [-0.05, 0) is 60.5 Å². The standard InChI is InChI=1S/C20H30O3/c1-12(2)14-10-13-6-7-17-19(3,4)8-5-9-20(17,18(22)23)15(13)11-16(14)21/h12,17,21H,5-11H2,1-4H3,(H,22,23)/t17?,20-/m0/s1. The zero-order valence-corrected chi connectivity index (χ0v) is 14.9. The van der Waals surface area contributed by atoms with Crippen LogP contribution in [0, 0.1) is 22.7 Å². The van der Waals surface area contributed by atoms with Crippen LogP contribution < -0.4 is 0 Å². The molecule has 3 nitrogen and oxygen atoms in total.